The summed E-state index contributed by atoms with van der Waals surface area (Å²) in [5.41, 5.74) is 0.561. The normalized spacial score (nSPS) is 14.9. The van der Waals surface area contributed by atoms with Crippen molar-refractivity contribution in [2.75, 3.05) is 25.2 Å². The first-order valence-corrected chi connectivity index (χ1v) is 9.07. The monoisotopic (exact) mass is 304 g/mol. The molecule has 0 heterocycles. The Labute approximate surface area is 117 Å². The predicted molar refractivity (Wildman–Crippen MR) is 79.3 cm³/mol. The summed E-state index contributed by atoms with van der Waals surface area (Å²) in [7, 11) is -2.95. The molecule has 0 aliphatic rings. The van der Waals surface area contributed by atoms with Crippen LogP contribution in [-0.2, 0) is 20.8 Å². The molecule has 0 saturated carbocycles. The molecule has 1 rings (SSSR count). The standard InChI is InChI=1S/C12H20N2O3S2/c1-10(18(3)15)8-9-14-11-6-4-5-7-12(11)19(16,17)13-2/h4-7,10,13-14H,8-9H2,1-3H3. The largest absolute Gasteiger partial charge is 0.384 e. The molecule has 1 aromatic carbocycles. The van der Waals surface area contributed by atoms with Crippen molar-refractivity contribution < 1.29 is 12.6 Å². The zero-order valence-corrected chi connectivity index (χ0v) is 13.0. The van der Waals surface area contributed by atoms with E-state index in [0.717, 1.165) is 6.42 Å². The second kappa shape index (κ2) is 7.02. The van der Waals surface area contributed by atoms with Crippen molar-refractivity contribution in [3.05, 3.63) is 24.3 Å². The second-order valence-corrected chi connectivity index (χ2v) is 7.89. The average molecular weight is 304 g/mol. The summed E-state index contributed by atoms with van der Waals surface area (Å²) in [6, 6.07) is 6.73. The van der Waals surface area contributed by atoms with Gasteiger partial charge in [-0.1, -0.05) is 19.1 Å². The van der Waals surface area contributed by atoms with Crippen LogP contribution in [0.1, 0.15) is 13.3 Å². The third kappa shape index (κ3) is 4.59. The van der Waals surface area contributed by atoms with Crippen LogP contribution >= 0.6 is 0 Å². The molecule has 0 aliphatic heterocycles. The summed E-state index contributed by atoms with van der Waals surface area (Å²) in [6.45, 7) is 2.49. The molecule has 0 aliphatic carbocycles. The number of rotatable bonds is 7. The Morgan fingerprint density at radius 1 is 1.32 bits per heavy atom. The van der Waals surface area contributed by atoms with Gasteiger partial charge in [-0.15, -0.1) is 0 Å². The van der Waals surface area contributed by atoms with E-state index in [1.165, 1.54) is 7.05 Å². The van der Waals surface area contributed by atoms with Crippen molar-refractivity contribution in [1.82, 2.24) is 4.72 Å². The van der Waals surface area contributed by atoms with Gasteiger partial charge in [-0.05, 0) is 25.6 Å². The third-order valence-corrected chi connectivity index (χ3v) is 5.72. The molecule has 0 radical (unpaired) electrons. The minimum Gasteiger partial charge on any atom is -0.384 e. The van der Waals surface area contributed by atoms with Gasteiger partial charge in [0.15, 0.2) is 0 Å². The molecule has 0 bridgehead atoms. The molecule has 0 saturated heterocycles. The Bertz CT molecular complexity index is 544. The van der Waals surface area contributed by atoms with Gasteiger partial charge >= 0.3 is 0 Å². The van der Waals surface area contributed by atoms with E-state index in [-0.39, 0.29) is 10.1 Å². The van der Waals surface area contributed by atoms with E-state index in [9.17, 15) is 12.6 Å². The fourth-order valence-electron chi connectivity index (χ4n) is 1.53. The van der Waals surface area contributed by atoms with Crippen LogP contribution in [-0.4, -0.2) is 37.7 Å². The average Bonchev–Trinajstić information content (AvgIpc) is 2.39. The highest BCUT2D eigenvalue weighted by Crippen LogP contribution is 2.20. The summed E-state index contributed by atoms with van der Waals surface area (Å²) in [4.78, 5) is 0.225. The molecule has 7 heteroatoms. The molecule has 2 atom stereocenters. The van der Waals surface area contributed by atoms with Crippen LogP contribution in [0.5, 0.6) is 0 Å². The van der Waals surface area contributed by atoms with Crippen molar-refractivity contribution in [3.8, 4) is 0 Å². The molecular formula is C12H20N2O3S2. The first kappa shape index (κ1) is 16.1. The number of anilines is 1. The highest BCUT2D eigenvalue weighted by Gasteiger charge is 2.15. The fraction of sp³-hybridized carbons (Fsp3) is 0.500. The number of sulfonamides is 1. The van der Waals surface area contributed by atoms with Gasteiger partial charge in [0, 0.05) is 28.9 Å². The second-order valence-electron chi connectivity index (χ2n) is 4.23. The summed E-state index contributed by atoms with van der Waals surface area (Å²) in [6.07, 6.45) is 2.39. The molecule has 5 nitrogen and oxygen atoms in total. The van der Waals surface area contributed by atoms with Crippen molar-refractivity contribution in [2.24, 2.45) is 0 Å². The summed E-state index contributed by atoms with van der Waals surface area (Å²) >= 11 is 0. The van der Waals surface area contributed by atoms with Crippen LogP contribution in [0.2, 0.25) is 0 Å². The molecule has 0 spiro atoms. The Kier molecular flexibility index (Phi) is 5.96. The molecule has 108 valence electrons. The minimum atomic E-state index is -3.47. The van der Waals surface area contributed by atoms with E-state index in [4.69, 9.17) is 0 Å². The maximum absolute atomic E-state index is 11.8. The zero-order chi connectivity index (χ0) is 14.5. The van der Waals surface area contributed by atoms with Crippen LogP contribution in [0, 0.1) is 0 Å². The third-order valence-electron chi connectivity index (χ3n) is 2.88. The molecule has 19 heavy (non-hydrogen) atoms. The lowest BCUT2D eigenvalue weighted by atomic mass is 10.3. The lowest BCUT2D eigenvalue weighted by Gasteiger charge is -2.13. The number of hydrogen-bond acceptors (Lipinski definition) is 4. The van der Waals surface area contributed by atoms with Crippen molar-refractivity contribution in [1.29, 1.82) is 0 Å². The van der Waals surface area contributed by atoms with Crippen LogP contribution in [0.25, 0.3) is 0 Å². The van der Waals surface area contributed by atoms with Gasteiger partial charge in [0.05, 0.1) is 5.69 Å². The van der Waals surface area contributed by atoms with Gasteiger partial charge in [0.1, 0.15) is 4.90 Å². The van der Waals surface area contributed by atoms with Crippen LogP contribution in [0.15, 0.2) is 29.2 Å². The molecule has 0 amide bonds. The van der Waals surface area contributed by atoms with Crippen LogP contribution < -0.4 is 10.0 Å². The predicted octanol–water partition coefficient (Wildman–Crippen LogP) is 1.16. The topological polar surface area (TPSA) is 75.3 Å². The first-order chi connectivity index (χ1) is 8.88. The Balaban J connectivity index is 2.77. The van der Waals surface area contributed by atoms with Gasteiger partial charge in [-0.25, -0.2) is 13.1 Å². The number of nitrogens with one attached hydrogen (secondary N) is 2. The number of para-hydroxylation sites is 1. The molecule has 0 fully saturated rings. The summed E-state index contributed by atoms with van der Waals surface area (Å²) in [5.74, 6) is 0. The number of benzene rings is 1. The lowest BCUT2D eigenvalue weighted by molar-refractivity contribution is 0.588. The lowest BCUT2D eigenvalue weighted by Crippen LogP contribution is -2.21. The van der Waals surface area contributed by atoms with E-state index in [1.54, 1.807) is 30.5 Å². The molecular weight excluding hydrogens is 284 g/mol. The van der Waals surface area contributed by atoms with Crippen LogP contribution in [0.3, 0.4) is 0 Å². The van der Waals surface area contributed by atoms with E-state index >= 15 is 0 Å². The molecule has 1 aromatic rings. The van der Waals surface area contributed by atoms with Gasteiger partial charge in [0.2, 0.25) is 10.0 Å². The van der Waals surface area contributed by atoms with Crippen molar-refractivity contribution >= 4 is 26.5 Å². The molecule has 2 unspecified atom stereocenters. The SMILES string of the molecule is CNS(=O)(=O)c1ccccc1NCCC(C)S(C)=O. The minimum absolute atomic E-state index is 0.0839. The van der Waals surface area contributed by atoms with E-state index in [2.05, 4.69) is 10.0 Å². The zero-order valence-electron chi connectivity index (χ0n) is 11.3. The maximum Gasteiger partial charge on any atom is 0.242 e. The Morgan fingerprint density at radius 3 is 2.53 bits per heavy atom. The molecule has 2 N–H and O–H groups in total. The van der Waals surface area contributed by atoms with Gasteiger partial charge < -0.3 is 5.32 Å². The van der Waals surface area contributed by atoms with Crippen molar-refractivity contribution in [3.63, 3.8) is 0 Å². The van der Waals surface area contributed by atoms with E-state index in [1.807, 2.05) is 6.92 Å². The smallest absolute Gasteiger partial charge is 0.242 e. The van der Waals surface area contributed by atoms with Gasteiger partial charge in [-0.3, -0.25) is 4.21 Å². The van der Waals surface area contributed by atoms with Gasteiger partial charge in [-0.2, -0.15) is 0 Å². The Morgan fingerprint density at radius 2 is 1.95 bits per heavy atom. The highest BCUT2D eigenvalue weighted by atomic mass is 32.2. The van der Waals surface area contributed by atoms with Gasteiger partial charge in [0.25, 0.3) is 0 Å². The van der Waals surface area contributed by atoms with Crippen LogP contribution in [0.4, 0.5) is 5.69 Å². The Hall–Kier alpha value is -0.920. The highest BCUT2D eigenvalue weighted by molar-refractivity contribution is 7.89. The van der Waals surface area contributed by atoms with Crippen molar-refractivity contribution in [2.45, 2.75) is 23.5 Å². The molecule has 0 aromatic heterocycles. The quantitative estimate of drug-likeness (QED) is 0.793. The first-order valence-electron chi connectivity index (χ1n) is 5.97. The number of hydrogen-bond donors (Lipinski definition) is 2. The summed E-state index contributed by atoms with van der Waals surface area (Å²) in [5, 5.41) is 3.17. The maximum atomic E-state index is 11.8. The fourth-order valence-corrected chi connectivity index (χ4v) is 2.89. The van der Waals surface area contributed by atoms with E-state index in [0.29, 0.717) is 12.2 Å². The summed E-state index contributed by atoms with van der Waals surface area (Å²) < 4.78 is 37.2. The van der Waals surface area contributed by atoms with E-state index < -0.39 is 20.8 Å².